The molecule has 0 saturated carbocycles. The van der Waals surface area contributed by atoms with Gasteiger partial charge in [-0.3, -0.25) is 5.32 Å². The van der Waals surface area contributed by atoms with Gasteiger partial charge in [-0.15, -0.1) is 0 Å². The summed E-state index contributed by atoms with van der Waals surface area (Å²) in [6.07, 6.45) is -5.32. The first-order valence-corrected chi connectivity index (χ1v) is 3.51. The molecule has 0 radical (unpaired) electrons. The molecule has 1 nitrogen and oxygen atoms in total. The van der Waals surface area contributed by atoms with Crippen molar-refractivity contribution in [2.24, 2.45) is 0 Å². The van der Waals surface area contributed by atoms with E-state index in [0.717, 1.165) is 0 Å². The third-order valence-corrected chi connectivity index (χ3v) is 1.48. The lowest BCUT2D eigenvalue weighted by Gasteiger charge is -2.12. The predicted octanol–water partition coefficient (Wildman–Crippen LogP) is 3.31. The van der Waals surface area contributed by atoms with Crippen molar-refractivity contribution in [1.82, 2.24) is 0 Å². The van der Waals surface area contributed by atoms with Crippen molar-refractivity contribution < 1.29 is 35.1 Å². The van der Waals surface area contributed by atoms with Crippen molar-refractivity contribution in [2.45, 2.75) is 6.30 Å². The maximum absolute atomic E-state index is 12.6. The van der Waals surface area contributed by atoms with E-state index in [2.05, 4.69) is 0 Å². The SMILES string of the molecule is Fc1c(F)c(F)c(NC(F)(F)F)c(F)c1F. The predicted molar refractivity (Wildman–Crippen MR) is 35.9 cm³/mol. The Bertz CT molecular complexity index is 394. The molecule has 0 aliphatic rings. The van der Waals surface area contributed by atoms with Crippen molar-refractivity contribution in [3.8, 4) is 0 Å². The van der Waals surface area contributed by atoms with Crippen molar-refractivity contribution >= 4 is 5.69 Å². The molecule has 1 aromatic rings. The minimum atomic E-state index is -5.32. The van der Waals surface area contributed by atoms with E-state index in [4.69, 9.17) is 0 Å². The molecule has 0 saturated heterocycles. The Kier molecular flexibility index (Phi) is 2.97. The molecule has 0 aromatic heterocycles. The Morgan fingerprint density at radius 3 is 1.25 bits per heavy atom. The van der Waals surface area contributed by atoms with E-state index < -0.39 is 41.1 Å². The summed E-state index contributed by atoms with van der Waals surface area (Å²) in [6.45, 7) is 0. The highest BCUT2D eigenvalue weighted by Gasteiger charge is 2.34. The summed E-state index contributed by atoms with van der Waals surface area (Å²) in [5, 5.41) is 0.230. The van der Waals surface area contributed by atoms with E-state index in [9.17, 15) is 35.1 Å². The van der Waals surface area contributed by atoms with Gasteiger partial charge in [0.2, 0.25) is 5.82 Å². The molecular weight excluding hydrogens is 250 g/mol. The number of hydrogen-bond donors (Lipinski definition) is 1. The van der Waals surface area contributed by atoms with E-state index in [1.807, 2.05) is 0 Å². The van der Waals surface area contributed by atoms with Gasteiger partial charge in [-0.2, -0.15) is 13.2 Å². The molecule has 0 atom stereocenters. The molecular formula is C7HF8N. The Morgan fingerprint density at radius 1 is 0.625 bits per heavy atom. The summed E-state index contributed by atoms with van der Waals surface area (Å²) in [5.74, 6) is -12.6. The molecule has 1 rings (SSSR count). The van der Waals surface area contributed by atoms with Crippen LogP contribution in [0, 0.1) is 29.1 Å². The smallest absolute Gasteiger partial charge is 0.292 e. The minimum Gasteiger partial charge on any atom is -0.292 e. The van der Waals surface area contributed by atoms with Crippen LogP contribution in [0.2, 0.25) is 0 Å². The lowest BCUT2D eigenvalue weighted by Crippen LogP contribution is -2.23. The molecule has 1 aromatic carbocycles. The molecule has 0 aliphatic carbocycles. The van der Waals surface area contributed by atoms with Crippen molar-refractivity contribution in [1.29, 1.82) is 0 Å². The average Bonchev–Trinajstić information content (AvgIpc) is 2.17. The molecule has 9 heteroatoms. The molecule has 0 amide bonds. The Labute approximate surface area is 82.7 Å². The minimum absolute atomic E-state index is 0.230. The van der Waals surface area contributed by atoms with E-state index in [1.54, 1.807) is 0 Å². The van der Waals surface area contributed by atoms with Crippen LogP contribution in [0.5, 0.6) is 0 Å². The van der Waals surface area contributed by atoms with Gasteiger partial charge in [-0.25, -0.2) is 22.0 Å². The third kappa shape index (κ3) is 2.17. The van der Waals surface area contributed by atoms with Crippen LogP contribution >= 0.6 is 0 Å². The van der Waals surface area contributed by atoms with Gasteiger partial charge in [0, 0.05) is 0 Å². The summed E-state index contributed by atoms with van der Waals surface area (Å²) in [6, 6.07) is 0. The van der Waals surface area contributed by atoms with Gasteiger partial charge in [0.1, 0.15) is 5.69 Å². The summed E-state index contributed by atoms with van der Waals surface area (Å²) in [5.41, 5.74) is -2.14. The highest BCUT2D eigenvalue weighted by molar-refractivity contribution is 5.48. The fourth-order valence-corrected chi connectivity index (χ4v) is 0.856. The Morgan fingerprint density at radius 2 is 0.938 bits per heavy atom. The van der Waals surface area contributed by atoms with E-state index in [0.29, 0.717) is 0 Å². The molecule has 1 N–H and O–H groups in total. The zero-order chi connectivity index (χ0) is 12.7. The second kappa shape index (κ2) is 3.80. The quantitative estimate of drug-likeness (QED) is 0.349. The van der Waals surface area contributed by atoms with Gasteiger partial charge in [-0.1, -0.05) is 0 Å². The zero-order valence-electron chi connectivity index (χ0n) is 7.02. The fourth-order valence-electron chi connectivity index (χ4n) is 0.856. The van der Waals surface area contributed by atoms with Crippen LogP contribution in [0.25, 0.3) is 0 Å². The Hall–Kier alpha value is -1.54. The van der Waals surface area contributed by atoms with Gasteiger partial charge < -0.3 is 0 Å². The standard InChI is InChI=1S/C7HF8N/c8-1-2(9)4(11)6(5(12)3(1)10)16-7(13,14)15/h16H. The van der Waals surface area contributed by atoms with E-state index >= 15 is 0 Å². The van der Waals surface area contributed by atoms with Gasteiger partial charge >= 0.3 is 6.30 Å². The summed E-state index contributed by atoms with van der Waals surface area (Å²) in [7, 11) is 0. The second-order valence-electron chi connectivity index (χ2n) is 2.57. The van der Waals surface area contributed by atoms with Crippen LogP contribution in [0.15, 0.2) is 0 Å². The van der Waals surface area contributed by atoms with Crippen molar-refractivity contribution in [2.75, 3.05) is 5.32 Å². The Balaban J connectivity index is 3.40. The van der Waals surface area contributed by atoms with Crippen molar-refractivity contribution in [3.63, 3.8) is 0 Å². The zero-order valence-corrected chi connectivity index (χ0v) is 7.02. The van der Waals surface area contributed by atoms with E-state index in [1.165, 1.54) is 0 Å². The first-order chi connectivity index (χ1) is 7.15. The number of hydrogen-bond acceptors (Lipinski definition) is 1. The largest absolute Gasteiger partial charge is 0.482 e. The fraction of sp³-hybridized carbons (Fsp3) is 0.143. The lowest BCUT2D eigenvalue weighted by molar-refractivity contribution is -0.100. The maximum Gasteiger partial charge on any atom is 0.482 e. The van der Waals surface area contributed by atoms with Gasteiger partial charge in [0.05, 0.1) is 0 Å². The number of benzene rings is 1. The number of alkyl halides is 3. The lowest BCUT2D eigenvalue weighted by atomic mass is 10.2. The average molecular weight is 251 g/mol. The van der Waals surface area contributed by atoms with Crippen LogP contribution in [0.3, 0.4) is 0 Å². The second-order valence-corrected chi connectivity index (χ2v) is 2.57. The molecule has 0 aliphatic heterocycles. The first kappa shape index (κ1) is 12.5. The number of halogens is 8. The molecule has 0 bridgehead atoms. The summed E-state index contributed by atoms with van der Waals surface area (Å²) < 4.78 is 97.6. The van der Waals surface area contributed by atoms with Crippen LogP contribution in [-0.2, 0) is 0 Å². The molecule has 0 fully saturated rings. The van der Waals surface area contributed by atoms with Gasteiger partial charge in [-0.05, 0) is 0 Å². The highest BCUT2D eigenvalue weighted by atomic mass is 19.4. The van der Waals surface area contributed by atoms with Crippen LogP contribution in [0.1, 0.15) is 0 Å². The molecule has 16 heavy (non-hydrogen) atoms. The maximum atomic E-state index is 12.6. The monoisotopic (exact) mass is 251 g/mol. The summed E-state index contributed by atoms with van der Waals surface area (Å²) >= 11 is 0. The topological polar surface area (TPSA) is 12.0 Å². The van der Waals surface area contributed by atoms with Crippen LogP contribution in [0.4, 0.5) is 40.8 Å². The highest BCUT2D eigenvalue weighted by Crippen LogP contribution is 2.30. The van der Waals surface area contributed by atoms with Crippen LogP contribution in [-0.4, -0.2) is 6.30 Å². The van der Waals surface area contributed by atoms with Gasteiger partial charge in [0.15, 0.2) is 23.3 Å². The van der Waals surface area contributed by atoms with Gasteiger partial charge in [0.25, 0.3) is 0 Å². The number of rotatable bonds is 1. The van der Waals surface area contributed by atoms with Crippen LogP contribution < -0.4 is 5.32 Å². The molecule has 0 unspecified atom stereocenters. The number of nitrogens with one attached hydrogen (secondary N) is 1. The normalized spacial score (nSPS) is 11.8. The molecule has 0 spiro atoms. The van der Waals surface area contributed by atoms with Crippen molar-refractivity contribution in [3.05, 3.63) is 29.1 Å². The molecule has 90 valence electrons. The van der Waals surface area contributed by atoms with E-state index in [-0.39, 0.29) is 5.32 Å². The summed E-state index contributed by atoms with van der Waals surface area (Å²) in [4.78, 5) is 0. The number of anilines is 1. The molecule has 0 heterocycles. The third-order valence-electron chi connectivity index (χ3n) is 1.48. The first-order valence-electron chi connectivity index (χ1n) is 3.51.